The maximum absolute atomic E-state index is 13.9. The van der Waals surface area contributed by atoms with Crippen molar-refractivity contribution < 1.29 is 4.39 Å². The number of piperidine rings is 1. The zero-order valence-electron chi connectivity index (χ0n) is 22.2. The summed E-state index contributed by atoms with van der Waals surface area (Å²) in [6, 6.07) is 18.3. The van der Waals surface area contributed by atoms with Gasteiger partial charge < -0.3 is 9.88 Å². The van der Waals surface area contributed by atoms with E-state index in [1.807, 2.05) is 55.6 Å². The molecule has 3 aromatic heterocycles. The summed E-state index contributed by atoms with van der Waals surface area (Å²) in [5, 5.41) is 0.975. The van der Waals surface area contributed by atoms with Gasteiger partial charge in [-0.15, -0.1) is 0 Å². The number of halogens is 1. The van der Waals surface area contributed by atoms with Crippen LogP contribution >= 0.6 is 0 Å². The van der Waals surface area contributed by atoms with Gasteiger partial charge in [-0.05, 0) is 98.6 Å². The van der Waals surface area contributed by atoms with Gasteiger partial charge in [0.05, 0.1) is 11.1 Å². The fourth-order valence-corrected chi connectivity index (χ4v) is 6.15. The van der Waals surface area contributed by atoms with Crippen LogP contribution in [-0.4, -0.2) is 38.5 Å². The summed E-state index contributed by atoms with van der Waals surface area (Å²) < 4.78 is 16.9. The standard InChI is InChI=1S/C32H33FN4O2/c1-22-9-2-3-11-25(22)30-29-12-4-5-17-36(29)32(39)37(31(30)38)18-7-6-15-35-16-8-10-23(21-35)27-20-34-28-14-13-24(33)19-26(27)28/h2-5,9,11-14,17,19-20,23,34H,6-8,10,15-16,18,21H2,1H3. The van der Waals surface area contributed by atoms with Crippen LogP contribution in [0, 0.1) is 12.7 Å². The minimum atomic E-state index is -0.294. The highest BCUT2D eigenvalue weighted by atomic mass is 19.1. The van der Waals surface area contributed by atoms with Crippen LogP contribution in [0.3, 0.4) is 0 Å². The van der Waals surface area contributed by atoms with Crippen LogP contribution in [0.5, 0.6) is 0 Å². The highest BCUT2D eigenvalue weighted by molar-refractivity contribution is 5.84. The molecule has 0 spiro atoms. The van der Waals surface area contributed by atoms with Gasteiger partial charge in [0.15, 0.2) is 0 Å². The Morgan fingerprint density at radius 3 is 2.69 bits per heavy atom. The summed E-state index contributed by atoms with van der Waals surface area (Å²) in [5.41, 5.74) is 4.70. The Bertz CT molecular complexity index is 1770. The number of unbranched alkanes of at least 4 members (excludes halogenated alkanes) is 1. The molecule has 7 heteroatoms. The van der Waals surface area contributed by atoms with Crippen LogP contribution in [0.2, 0.25) is 0 Å². The first-order valence-electron chi connectivity index (χ1n) is 13.8. The largest absolute Gasteiger partial charge is 0.361 e. The third-order valence-electron chi connectivity index (χ3n) is 8.15. The van der Waals surface area contributed by atoms with Crippen molar-refractivity contribution in [2.45, 2.75) is 45.1 Å². The summed E-state index contributed by atoms with van der Waals surface area (Å²) in [6.45, 7) is 5.24. The smallest absolute Gasteiger partial charge is 0.335 e. The van der Waals surface area contributed by atoms with Crippen LogP contribution < -0.4 is 11.2 Å². The van der Waals surface area contributed by atoms with Crippen molar-refractivity contribution in [3.8, 4) is 11.1 Å². The number of aryl methyl sites for hydroxylation is 1. The predicted molar refractivity (Wildman–Crippen MR) is 154 cm³/mol. The number of hydrogen-bond donors (Lipinski definition) is 1. The normalized spacial score (nSPS) is 16.3. The van der Waals surface area contributed by atoms with E-state index < -0.39 is 0 Å². The van der Waals surface area contributed by atoms with E-state index in [0.29, 0.717) is 23.5 Å². The summed E-state index contributed by atoms with van der Waals surface area (Å²) in [4.78, 5) is 32.7. The number of benzene rings is 2. The fourth-order valence-electron chi connectivity index (χ4n) is 6.15. The van der Waals surface area contributed by atoms with Crippen molar-refractivity contribution in [2.75, 3.05) is 19.6 Å². The highest BCUT2D eigenvalue weighted by Crippen LogP contribution is 2.32. The summed E-state index contributed by atoms with van der Waals surface area (Å²) in [5.74, 6) is 0.153. The maximum Gasteiger partial charge on any atom is 0.335 e. The molecule has 1 atom stereocenters. The first-order valence-corrected chi connectivity index (χ1v) is 13.8. The van der Waals surface area contributed by atoms with Crippen molar-refractivity contribution in [3.05, 3.63) is 111 Å². The van der Waals surface area contributed by atoms with Crippen molar-refractivity contribution in [2.24, 2.45) is 0 Å². The second-order valence-corrected chi connectivity index (χ2v) is 10.7. The monoisotopic (exact) mass is 524 g/mol. The lowest BCUT2D eigenvalue weighted by Crippen LogP contribution is -2.39. The number of rotatable bonds is 7. The van der Waals surface area contributed by atoms with Gasteiger partial charge in [-0.1, -0.05) is 30.3 Å². The second-order valence-electron chi connectivity index (χ2n) is 10.7. The molecule has 39 heavy (non-hydrogen) atoms. The van der Waals surface area contributed by atoms with E-state index in [-0.39, 0.29) is 17.1 Å². The van der Waals surface area contributed by atoms with Crippen LogP contribution in [0.4, 0.5) is 4.39 Å². The fraction of sp³-hybridized carbons (Fsp3) is 0.312. The third-order valence-corrected chi connectivity index (χ3v) is 8.15. The topological polar surface area (TPSA) is 62.5 Å². The molecule has 1 fully saturated rings. The third kappa shape index (κ3) is 4.83. The maximum atomic E-state index is 13.9. The first-order chi connectivity index (χ1) is 19.0. The number of aromatic amines is 1. The number of likely N-dealkylation sites (tertiary alicyclic amines) is 1. The Morgan fingerprint density at radius 2 is 1.82 bits per heavy atom. The molecule has 0 bridgehead atoms. The van der Waals surface area contributed by atoms with E-state index in [9.17, 15) is 14.0 Å². The quantitative estimate of drug-likeness (QED) is 0.277. The van der Waals surface area contributed by atoms with Gasteiger partial charge in [0.25, 0.3) is 5.56 Å². The number of pyridine rings is 1. The number of fused-ring (bicyclic) bond motifs is 2. The summed E-state index contributed by atoms with van der Waals surface area (Å²) >= 11 is 0. The van der Waals surface area contributed by atoms with Crippen molar-refractivity contribution in [1.82, 2.24) is 18.9 Å². The second kappa shape index (κ2) is 10.7. The average Bonchev–Trinajstić information content (AvgIpc) is 3.37. The van der Waals surface area contributed by atoms with Crippen molar-refractivity contribution >= 4 is 16.4 Å². The van der Waals surface area contributed by atoms with Crippen LogP contribution in [0.25, 0.3) is 27.5 Å². The van der Waals surface area contributed by atoms with Crippen LogP contribution in [0.15, 0.2) is 82.6 Å². The Hall–Kier alpha value is -3.97. The molecule has 200 valence electrons. The molecule has 1 N–H and O–H groups in total. The first kappa shape index (κ1) is 25.3. The Morgan fingerprint density at radius 1 is 1.00 bits per heavy atom. The van der Waals surface area contributed by atoms with E-state index in [1.165, 1.54) is 16.2 Å². The van der Waals surface area contributed by atoms with Crippen molar-refractivity contribution in [3.63, 3.8) is 0 Å². The Labute approximate surface area is 226 Å². The zero-order chi connectivity index (χ0) is 26.9. The SMILES string of the molecule is Cc1ccccc1-c1c(=O)n(CCCCN2CCCC(c3c[nH]c4ccc(F)cc34)C2)c(=O)n2ccccc12. The van der Waals surface area contributed by atoms with Gasteiger partial charge in [0.2, 0.25) is 0 Å². The van der Waals surface area contributed by atoms with Gasteiger partial charge >= 0.3 is 5.69 Å². The number of aromatic nitrogens is 3. The average molecular weight is 525 g/mol. The van der Waals surface area contributed by atoms with E-state index in [4.69, 9.17) is 0 Å². The Balaban J connectivity index is 1.17. The number of nitrogens with one attached hydrogen (secondary N) is 1. The van der Waals surface area contributed by atoms with E-state index in [1.54, 1.807) is 22.7 Å². The molecule has 1 aliphatic rings. The molecule has 5 aromatic rings. The zero-order valence-corrected chi connectivity index (χ0v) is 22.2. The lowest BCUT2D eigenvalue weighted by Gasteiger charge is -2.32. The molecule has 2 aromatic carbocycles. The van der Waals surface area contributed by atoms with E-state index >= 15 is 0 Å². The molecule has 1 unspecified atom stereocenters. The highest BCUT2D eigenvalue weighted by Gasteiger charge is 2.24. The molecule has 0 saturated carbocycles. The van der Waals surface area contributed by atoms with Gasteiger partial charge in [-0.25, -0.2) is 9.18 Å². The summed E-state index contributed by atoms with van der Waals surface area (Å²) in [6.07, 6.45) is 7.57. The van der Waals surface area contributed by atoms with Gasteiger partial charge in [-0.3, -0.25) is 13.8 Å². The molecule has 4 heterocycles. The predicted octanol–water partition coefficient (Wildman–Crippen LogP) is 5.72. The molecule has 0 radical (unpaired) electrons. The van der Waals surface area contributed by atoms with E-state index in [2.05, 4.69) is 9.88 Å². The van der Waals surface area contributed by atoms with Gasteiger partial charge in [0.1, 0.15) is 5.82 Å². The van der Waals surface area contributed by atoms with E-state index in [0.717, 1.165) is 67.3 Å². The number of H-pyrrole nitrogens is 1. The number of hydrogen-bond acceptors (Lipinski definition) is 3. The molecular formula is C32H33FN4O2. The Kier molecular flexibility index (Phi) is 6.92. The molecule has 1 aliphatic heterocycles. The van der Waals surface area contributed by atoms with Gasteiger partial charge in [-0.2, -0.15) is 0 Å². The minimum absolute atomic E-state index is 0.207. The molecule has 0 aliphatic carbocycles. The van der Waals surface area contributed by atoms with Crippen LogP contribution in [-0.2, 0) is 6.54 Å². The molecular weight excluding hydrogens is 491 g/mol. The molecule has 6 rings (SSSR count). The van der Waals surface area contributed by atoms with Crippen molar-refractivity contribution in [1.29, 1.82) is 0 Å². The summed E-state index contributed by atoms with van der Waals surface area (Å²) in [7, 11) is 0. The van der Waals surface area contributed by atoms with Gasteiger partial charge in [0, 0.05) is 36.4 Å². The lowest BCUT2D eigenvalue weighted by molar-refractivity contribution is 0.204. The number of nitrogens with zero attached hydrogens (tertiary/aromatic N) is 3. The molecule has 6 nitrogen and oxygen atoms in total. The lowest BCUT2D eigenvalue weighted by atomic mass is 9.90. The molecule has 0 amide bonds. The molecule has 1 saturated heterocycles. The minimum Gasteiger partial charge on any atom is -0.361 e. The van der Waals surface area contributed by atoms with Crippen LogP contribution in [0.1, 0.15) is 42.7 Å².